The normalized spacial score (nSPS) is 19.8. The van der Waals surface area contributed by atoms with Crippen LogP contribution >= 0.6 is 0 Å². The molecule has 3 heterocycles. The molecule has 1 N–H and O–H groups in total. The lowest BCUT2D eigenvalue weighted by molar-refractivity contribution is 0.0953. The number of rotatable bonds is 7. The van der Waals surface area contributed by atoms with E-state index in [4.69, 9.17) is 0 Å². The number of benzene rings is 1. The van der Waals surface area contributed by atoms with Crippen molar-refractivity contribution in [3.63, 3.8) is 0 Å². The molecule has 1 aromatic carbocycles. The second-order valence-corrected chi connectivity index (χ2v) is 8.66. The Hall–Kier alpha value is -2.73. The van der Waals surface area contributed by atoms with Crippen LogP contribution in [0.15, 0.2) is 48.8 Å². The Morgan fingerprint density at radius 1 is 1.10 bits per heavy atom. The molecule has 30 heavy (non-hydrogen) atoms. The topological polar surface area (TPSA) is 62.5 Å². The first-order valence-electron chi connectivity index (χ1n) is 11.0. The predicted octanol–water partition coefficient (Wildman–Crippen LogP) is 3.88. The van der Waals surface area contributed by atoms with Crippen molar-refractivity contribution in [3.8, 4) is 11.3 Å². The number of nitrogens with one attached hydrogen (secondary N) is 1. The Morgan fingerprint density at radius 3 is 2.63 bits per heavy atom. The highest BCUT2D eigenvalue weighted by Crippen LogP contribution is 2.22. The van der Waals surface area contributed by atoms with Gasteiger partial charge in [0.1, 0.15) is 5.56 Å². The second kappa shape index (κ2) is 9.39. The largest absolute Gasteiger partial charge is 0.352 e. The summed E-state index contributed by atoms with van der Waals surface area (Å²) in [4.78, 5) is 19.7. The Morgan fingerprint density at radius 2 is 1.87 bits per heavy atom. The Kier molecular flexibility index (Phi) is 6.43. The zero-order chi connectivity index (χ0) is 20.9. The fourth-order valence-corrected chi connectivity index (χ4v) is 4.61. The quantitative estimate of drug-likeness (QED) is 0.606. The van der Waals surface area contributed by atoms with Crippen LogP contribution in [0.5, 0.6) is 0 Å². The summed E-state index contributed by atoms with van der Waals surface area (Å²) in [7, 11) is 0. The minimum Gasteiger partial charge on any atom is -0.352 e. The number of hydrogen-bond donors (Lipinski definition) is 1. The number of carbonyl (C=O) groups is 1. The van der Waals surface area contributed by atoms with E-state index in [1.165, 1.54) is 19.5 Å². The lowest BCUT2D eigenvalue weighted by Gasteiger charge is -2.34. The van der Waals surface area contributed by atoms with E-state index in [1.54, 1.807) is 16.9 Å². The summed E-state index contributed by atoms with van der Waals surface area (Å²) in [5.41, 5.74) is 3.07. The van der Waals surface area contributed by atoms with Crippen molar-refractivity contribution < 1.29 is 4.79 Å². The molecule has 1 aliphatic heterocycles. The molecule has 1 amide bonds. The van der Waals surface area contributed by atoms with Crippen LogP contribution in [-0.4, -0.2) is 51.6 Å². The van der Waals surface area contributed by atoms with E-state index < -0.39 is 0 Å². The van der Waals surface area contributed by atoms with Gasteiger partial charge in [-0.25, -0.2) is 9.50 Å². The summed E-state index contributed by atoms with van der Waals surface area (Å²) in [6, 6.07) is 11.9. The van der Waals surface area contributed by atoms with Gasteiger partial charge in [-0.2, -0.15) is 5.10 Å². The molecule has 0 spiro atoms. The molecule has 158 valence electrons. The van der Waals surface area contributed by atoms with Crippen molar-refractivity contribution >= 4 is 11.6 Å². The number of carbonyl (C=O) groups excluding carboxylic acids is 1. The minimum atomic E-state index is -0.108. The fourth-order valence-electron chi connectivity index (χ4n) is 4.61. The van der Waals surface area contributed by atoms with E-state index in [-0.39, 0.29) is 5.91 Å². The molecule has 1 aliphatic rings. The van der Waals surface area contributed by atoms with E-state index in [1.807, 2.05) is 36.4 Å². The maximum Gasteiger partial charge on any atom is 0.256 e. The standard InChI is InChI=1S/C24H31N5O/c1-18-14-19(2)17-28(16-18)13-7-6-11-26-24(30)21-15-27-29-22(10-12-25-23(21)29)20-8-4-3-5-9-20/h3-5,8-10,12,15,18-19H,6-7,11,13-14,16-17H2,1-2H3,(H,26,30). The van der Waals surface area contributed by atoms with Gasteiger partial charge in [0.15, 0.2) is 5.65 Å². The maximum absolute atomic E-state index is 12.7. The van der Waals surface area contributed by atoms with Gasteiger partial charge in [-0.05, 0) is 43.7 Å². The lowest BCUT2D eigenvalue weighted by atomic mass is 9.92. The number of hydrogen-bond acceptors (Lipinski definition) is 4. The van der Waals surface area contributed by atoms with Crippen LogP contribution in [0.2, 0.25) is 0 Å². The summed E-state index contributed by atoms with van der Waals surface area (Å²) in [6.07, 6.45) is 6.77. The number of likely N-dealkylation sites (tertiary alicyclic amines) is 1. The van der Waals surface area contributed by atoms with Crippen LogP contribution in [0.1, 0.15) is 43.5 Å². The van der Waals surface area contributed by atoms with Crippen LogP contribution in [0.25, 0.3) is 16.9 Å². The first-order chi connectivity index (χ1) is 14.6. The van der Waals surface area contributed by atoms with E-state index in [0.717, 1.165) is 42.5 Å². The van der Waals surface area contributed by atoms with Crippen molar-refractivity contribution in [3.05, 3.63) is 54.4 Å². The monoisotopic (exact) mass is 405 g/mol. The van der Waals surface area contributed by atoms with Gasteiger partial charge in [0.25, 0.3) is 5.91 Å². The molecule has 0 saturated carbocycles. The van der Waals surface area contributed by atoms with Gasteiger partial charge in [-0.15, -0.1) is 0 Å². The molecule has 2 aromatic heterocycles. The highest BCUT2D eigenvalue weighted by molar-refractivity contribution is 5.99. The second-order valence-electron chi connectivity index (χ2n) is 8.66. The molecular weight excluding hydrogens is 374 g/mol. The fraction of sp³-hybridized carbons (Fsp3) is 0.458. The van der Waals surface area contributed by atoms with Crippen LogP contribution in [0.4, 0.5) is 0 Å². The van der Waals surface area contributed by atoms with Gasteiger partial charge < -0.3 is 10.2 Å². The summed E-state index contributed by atoms with van der Waals surface area (Å²) >= 11 is 0. The average molecular weight is 406 g/mol. The Bertz CT molecular complexity index is 974. The van der Waals surface area contributed by atoms with Gasteiger partial charge in [-0.3, -0.25) is 4.79 Å². The van der Waals surface area contributed by atoms with Gasteiger partial charge in [0.05, 0.1) is 11.9 Å². The van der Waals surface area contributed by atoms with Gasteiger partial charge in [-0.1, -0.05) is 44.2 Å². The molecular formula is C24H31N5O. The minimum absolute atomic E-state index is 0.108. The van der Waals surface area contributed by atoms with E-state index >= 15 is 0 Å². The molecule has 1 fully saturated rings. The molecule has 1 saturated heterocycles. The van der Waals surface area contributed by atoms with Crippen LogP contribution in [-0.2, 0) is 0 Å². The van der Waals surface area contributed by atoms with Crippen molar-refractivity contribution in [1.29, 1.82) is 0 Å². The maximum atomic E-state index is 12.7. The average Bonchev–Trinajstić information content (AvgIpc) is 3.18. The Balaban J connectivity index is 1.32. The molecule has 0 radical (unpaired) electrons. The third kappa shape index (κ3) is 4.70. The van der Waals surface area contributed by atoms with Crippen LogP contribution < -0.4 is 5.32 Å². The Labute approximate surface area is 178 Å². The van der Waals surface area contributed by atoms with E-state index in [2.05, 4.69) is 34.1 Å². The van der Waals surface area contributed by atoms with E-state index in [0.29, 0.717) is 17.8 Å². The van der Waals surface area contributed by atoms with Crippen LogP contribution in [0, 0.1) is 11.8 Å². The molecule has 6 nitrogen and oxygen atoms in total. The number of aromatic nitrogens is 3. The predicted molar refractivity (Wildman–Crippen MR) is 119 cm³/mol. The molecule has 6 heteroatoms. The number of amides is 1. The lowest BCUT2D eigenvalue weighted by Crippen LogP contribution is -2.39. The van der Waals surface area contributed by atoms with Crippen molar-refractivity contribution in [2.24, 2.45) is 11.8 Å². The summed E-state index contributed by atoms with van der Waals surface area (Å²) in [5, 5.41) is 7.46. The molecule has 0 bridgehead atoms. The van der Waals surface area contributed by atoms with Gasteiger partial charge in [0, 0.05) is 31.4 Å². The molecule has 2 unspecified atom stereocenters. The molecule has 0 aliphatic carbocycles. The summed E-state index contributed by atoms with van der Waals surface area (Å²) < 4.78 is 1.74. The van der Waals surface area contributed by atoms with Gasteiger partial charge in [0.2, 0.25) is 0 Å². The summed E-state index contributed by atoms with van der Waals surface area (Å²) in [5.74, 6) is 1.47. The molecule has 4 rings (SSSR count). The number of fused-ring (bicyclic) bond motifs is 1. The van der Waals surface area contributed by atoms with Gasteiger partial charge >= 0.3 is 0 Å². The zero-order valence-corrected chi connectivity index (χ0v) is 17.9. The third-order valence-corrected chi connectivity index (χ3v) is 5.85. The van der Waals surface area contributed by atoms with Crippen molar-refractivity contribution in [2.75, 3.05) is 26.2 Å². The number of nitrogens with zero attached hydrogens (tertiary/aromatic N) is 4. The zero-order valence-electron chi connectivity index (χ0n) is 17.9. The first-order valence-corrected chi connectivity index (χ1v) is 11.0. The van der Waals surface area contributed by atoms with E-state index in [9.17, 15) is 4.79 Å². The van der Waals surface area contributed by atoms with Crippen molar-refractivity contribution in [1.82, 2.24) is 24.8 Å². The number of piperidine rings is 1. The third-order valence-electron chi connectivity index (χ3n) is 5.85. The van der Waals surface area contributed by atoms with Crippen molar-refractivity contribution in [2.45, 2.75) is 33.1 Å². The number of unbranched alkanes of at least 4 members (excludes halogenated alkanes) is 1. The molecule has 2 atom stereocenters. The van der Waals surface area contributed by atoms with Crippen LogP contribution in [0.3, 0.4) is 0 Å². The first kappa shape index (κ1) is 20.5. The highest BCUT2D eigenvalue weighted by atomic mass is 16.1. The highest BCUT2D eigenvalue weighted by Gasteiger charge is 2.21. The summed E-state index contributed by atoms with van der Waals surface area (Å²) in [6.45, 7) is 8.88. The smallest absolute Gasteiger partial charge is 0.256 e. The molecule has 3 aromatic rings. The SMILES string of the molecule is CC1CC(C)CN(CCCCNC(=O)c2cnn3c(-c4ccccc4)ccnc23)C1.